The van der Waals surface area contributed by atoms with Crippen LogP contribution in [0.1, 0.15) is 15.9 Å². The number of H-pyrrole nitrogens is 1. The van der Waals surface area contributed by atoms with Crippen LogP contribution in [0.4, 0.5) is 5.69 Å². The Bertz CT molecular complexity index is 1360. The largest absolute Gasteiger partial charge is 0.488 e. The number of ether oxygens (including phenoxy) is 1. The van der Waals surface area contributed by atoms with Crippen LogP contribution in [0.5, 0.6) is 5.75 Å². The second-order valence-corrected chi connectivity index (χ2v) is 7.35. The van der Waals surface area contributed by atoms with Crippen LogP contribution in [-0.4, -0.2) is 21.1 Å². The molecule has 0 aliphatic heterocycles. The van der Waals surface area contributed by atoms with Gasteiger partial charge in [0.25, 0.3) is 5.91 Å². The average Bonchev–Trinajstić information content (AvgIpc) is 3.32. The number of nitrogens with one attached hydrogen (secondary N) is 2. The zero-order valence-corrected chi connectivity index (χ0v) is 17.2. The lowest BCUT2D eigenvalue weighted by atomic mass is 10.0. The summed E-state index contributed by atoms with van der Waals surface area (Å²) in [7, 11) is 0. The Kier molecular flexibility index (Phi) is 5.32. The summed E-state index contributed by atoms with van der Waals surface area (Å²) >= 11 is 0. The van der Waals surface area contributed by atoms with Gasteiger partial charge in [-0.15, -0.1) is 0 Å². The number of hydrogen-bond acceptors (Lipinski definition) is 4. The molecule has 0 saturated heterocycles. The highest BCUT2D eigenvalue weighted by Crippen LogP contribution is 2.30. The number of anilines is 1. The monoisotopic (exact) mass is 420 g/mol. The summed E-state index contributed by atoms with van der Waals surface area (Å²) in [6, 6.07) is 25.1. The Labute approximate surface area is 184 Å². The van der Waals surface area contributed by atoms with Gasteiger partial charge in [0.2, 0.25) is 0 Å². The van der Waals surface area contributed by atoms with Gasteiger partial charge in [-0.1, -0.05) is 42.5 Å². The number of hydrogen-bond donors (Lipinski definition) is 2. The first-order valence-electron chi connectivity index (χ1n) is 10.2. The van der Waals surface area contributed by atoms with E-state index in [1.165, 1.54) is 0 Å². The first-order chi connectivity index (χ1) is 15.8. The third-order valence-electron chi connectivity index (χ3n) is 5.16. The van der Waals surface area contributed by atoms with Crippen molar-refractivity contribution in [3.8, 4) is 16.9 Å². The van der Waals surface area contributed by atoms with Gasteiger partial charge in [0.15, 0.2) is 0 Å². The van der Waals surface area contributed by atoms with Crippen LogP contribution in [0.25, 0.3) is 22.0 Å². The number of carbonyl (C=O) groups excluding carboxylic acids is 1. The molecule has 156 valence electrons. The lowest BCUT2D eigenvalue weighted by Crippen LogP contribution is -2.14. The summed E-state index contributed by atoms with van der Waals surface area (Å²) in [4.78, 5) is 17.1. The lowest BCUT2D eigenvalue weighted by molar-refractivity contribution is 0.102. The lowest BCUT2D eigenvalue weighted by Gasteiger charge is -2.14. The van der Waals surface area contributed by atoms with Gasteiger partial charge in [-0.2, -0.15) is 5.10 Å². The van der Waals surface area contributed by atoms with Gasteiger partial charge in [0, 0.05) is 11.6 Å². The minimum atomic E-state index is -0.252. The Hall–Kier alpha value is -4.45. The number of benzene rings is 3. The molecule has 0 aliphatic rings. The molecule has 0 spiro atoms. The van der Waals surface area contributed by atoms with E-state index in [1.54, 1.807) is 36.8 Å². The highest BCUT2D eigenvalue weighted by molar-refractivity contribution is 6.06. The molecule has 3 aromatic carbocycles. The number of pyridine rings is 1. The van der Waals surface area contributed by atoms with Crippen LogP contribution in [0.2, 0.25) is 0 Å². The van der Waals surface area contributed by atoms with E-state index >= 15 is 0 Å². The van der Waals surface area contributed by atoms with E-state index in [9.17, 15) is 4.79 Å². The predicted molar refractivity (Wildman–Crippen MR) is 124 cm³/mol. The van der Waals surface area contributed by atoms with Gasteiger partial charge >= 0.3 is 0 Å². The summed E-state index contributed by atoms with van der Waals surface area (Å²) in [6.07, 6.45) is 5.06. The summed E-state index contributed by atoms with van der Waals surface area (Å²) in [6.45, 7) is 0.359. The zero-order valence-electron chi connectivity index (χ0n) is 17.2. The molecular weight excluding hydrogens is 400 g/mol. The fraction of sp³-hybridized carbons (Fsp3) is 0.0385. The van der Waals surface area contributed by atoms with Gasteiger partial charge in [0.1, 0.15) is 12.4 Å². The molecule has 32 heavy (non-hydrogen) atoms. The highest BCUT2D eigenvalue weighted by atomic mass is 16.5. The summed E-state index contributed by atoms with van der Waals surface area (Å²) < 4.78 is 6.12. The molecule has 5 rings (SSSR count). The molecule has 0 atom stereocenters. The van der Waals surface area contributed by atoms with Gasteiger partial charge in [-0.3, -0.25) is 14.9 Å². The molecule has 0 fully saturated rings. The molecule has 0 aliphatic carbocycles. The Balaban J connectivity index is 1.49. The molecule has 1 amide bonds. The Morgan fingerprint density at radius 2 is 1.75 bits per heavy atom. The SMILES string of the molecule is O=C(Nc1cccnc1)c1ccc(-c2ccc3[nH]ncc3c2)cc1OCc1ccccc1. The molecule has 6 nitrogen and oxygen atoms in total. The molecule has 5 aromatic rings. The van der Waals surface area contributed by atoms with Gasteiger partial charge in [-0.25, -0.2) is 0 Å². The molecule has 6 heteroatoms. The summed E-state index contributed by atoms with van der Waals surface area (Å²) in [5.74, 6) is 0.262. The zero-order chi connectivity index (χ0) is 21.8. The van der Waals surface area contributed by atoms with Crippen LogP contribution >= 0.6 is 0 Å². The van der Waals surface area contributed by atoms with Crippen LogP contribution in [0, 0.1) is 0 Å². The fourth-order valence-electron chi connectivity index (χ4n) is 3.50. The first-order valence-corrected chi connectivity index (χ1v) is 10.2. The van der Waals surface area contributed by atoms with Crippen molar-refractivity contribution in [1.29, 1.82) is 0 Å². The number of rotatable bonds is 6. The van der Waals surface area contributed by atoms with Crippen molar-refractivity contribution in [2.75, 3.05) is 5.32 Å². The maximum Gasteiger partial charge on any atom is 0.259 e. The van der Waals surface area contributed by atoms with Crippen molar-refractivity contribution < 1.29 is 9.53 Å². The van der Waals surface area contributed by atoms with Crippen molar-refractivity contribution >= 4 is 22.5 Å². The van der Waals surface area contributed by atoms with E-state index in [0.717, 1.165) is 27.6 Å². The van der Waals surface area contributed by atoms with Gasteiger partial charge < -0.3 is 10.1 Å². The van der Waals surface area contributed by atoms with E-state index < -0.39 is 0 Å². The Morgan fingerprint density at radius 1 is 0.906 bits per heavy atom. The minimum Gasteiger partial charge on any atom is -0.488 e. The van der Waals surface area contributed by atoms with Crippen LogP contribution in [0.15, 0.2) is 97.5 Å². The fourth-order valence-corrected chi connectivity index (χ4v) is 3.50. The van der Waals surface area contributed by atoms with Crippen molar-refractivity contribution in [3.63, 3.8) is 0 Å². The van der Waals surface area contributed by atoms with E-state index in [2.05, 4.69) is 26.6 Å². The number of carbonyl (C=O) groups is 1. The van der Waals surface area contributed by atoms with Crippen molar-refractivity contribution in [3.05, 3.63) is 109 Å². The maximum absolute atomic E-state index is 13.0. The topological polar surface area (TPSA) is 79.9 Å². The molecule has 0 saturated carbocycles. The van der Waals surface area contributed by atoms with Crippen LogP contribution in [0.3, 0.4) is 0 Å². The number of nitrogens with zero attached hydrogens (tertiary/aromatic N) is 2. The molecule has 2 N–H and O–H groups in total. The van der Waals surface area contributed by atoms with E-state index in [0.29, 0.717) is 23.6 Å². The third kappa shape index (κ3) is 4.20. The highest BCUT2D eigenvalue weighted by Gasteiger charge is 2.15. The van der Waals surface area contributed by atoms with E-state index in [1.807, 2.05) is 54.6 Å². The number of aromatic amines is 1. The third-order valence-corrected chi connectivity index (χ3v) is 5.16. The van der Waals surface area contributed by atoms with E-state index in [-0.39, 0.29) is 5.91 Å². The quantitative estimate of drug-likeness (QED) is 0.382. The normalized spacial score (nSPS) is 10.8. The number of aromatic nitrogens is 3. The molecule has 0 radical (unpaired) electrons. The van der Waals surface area contributed by atoms with Crippen molar-refractivity contribution in [2.45, 2.75) is 6.61 Å². The predicted octanol–water partition coefficient (Wildman–Crippen LogP) is 5.46. The minimum absolute atomic E-state index is 0.252. The van der Waals surface area contributed by atoms with Crippen LogP contribution < -0.4 is 10.1 Å². The average molecular weight is 420 g/mol. The second-order valence-electron chi connectivity index (χ2n) is 7.35. The molecule has 0 bridgehead atoms. The number of amides is 1. The smallest absolute Gasteiger partial charge is 0.259 e. The van der Waals surface area contributed by atoms with Crippen LogP contribution in [-0.2, 0) is 6.61 Å². The first kappa shape index (κ1) is 19.5. The summed E-state index contributed by atoms with van der Waals surface area (Å²) in [5, 5.41) is 11.0. The van der Waals surface area contributed by atoms with Crippen molar-refractivity contribution in [1.82, 2.24) is 15.2 Å². The van der Waals surface area contributed by atoms with Gasteiger partial charge in [-0.05, 0) is 53.1 Å². The summed E-state index contributed by atoms with van der Waals surface area (Å²) in [5.41, 5.74) is 5.05. The van der Waals surface area contributed by atoms with Gasteiger partial charge in [0.05, 0.1) is 29.2 Å². The number of fused-ring (bicyclic) bond motifs is 1. The van der Waals surface area contributed by atoms with Crippen molar-refractivity contribution in [2.24, 2.45) is 0 Å². The molecule has 2 aromatic heterocycles. The molecule has 2 heterocycles. The maximum atomic E-state index is 13.0. The molecular formula is C26H20N4O2. The second kappa shape index (κ2) is 8.73. The standard InChI is InChI=1S/C26H20N4O2/c31-26(29-22-7-4-12-27-16-22)23-10-8-20(19-9-11-24-21(13-19)15-28-30-24)14-25(23)32-17-18-5-2-1-3-6-18/h1-16H,17H2,(H,28,30)(H,29,31). The molecule has 0 unspecified atom stereocenters. The Morgan fingerprint density at radius 3 is 2.59 bits per heavy atom. The van der Waals surface area contributed by atoms with E-state index in [4.69, 9.17) is 4.74 Å².